The third-order valence-electron chi connectivity index (χ3n) is 5.14. The molecule has 28 heavy (non-hydrogen) atoms. The predicted octanol–water partition coefficient (Wildman–Crippen LogP) is 2.23. The van der Waals surface area contributed by atoms with Gasteiger partial charge in [0.25, 0.3) is 0 Å². The Balaban J connectivity index is 1.55. The number of guanidine groups is 1. The Morgan fingerprint density at radius 2 is 2.18 bits per heavy atom. The van der Waals surface area contributed by atoms with Crippen LogP contribution >= 0.6 is 15.9 Å². The quantitative estimate of drug-likeness (QED) is 0.525. The van der Waals surface area contributed by atoms with E-state index in [2.05, 4.69) is 91.0 Å². The van der Waals surface area contributed by atoms with Crippen LogP contribution in [0.15, 0.2) is 46.1 Å². The first-order valence-electron chi connectivity index (χ1n) is 9.59. The average molecular weight is 448 g/mol. The maximum atomic E-state index is 4.42. The SMILES string of the molecule is CN=C(NCC(c1cnn(C)c1)N(C)C)NC1CCN(c2ccccc2Br)C1. The number of anilines is 1. The first-order chi connectivity index (χ1) is 13.5. The van der Waals surface area contributed by atoms with E-state index in [1.807, 2.05) is 25.0 Å². The number of aryl methyl sites for hydroxylation is 1. The van der Waals surface area contributed by atoms with Gasteiger partial charge in [-0.05, 0) is 48.6 Å². The standard InChI is InChI=1S/C20H30BrN7/c1-22-20(23-12-19(26(2)3)15-11-24-27(4)13-15)25-16-9-10-28(14-16)18-8-6-5-7-17(18)21/h5-8,11,13,16,19H,9-10,12,14H2,1-4H3,(H2,22,23,25). The minimum absolute atomic E-state index is 0.229. The molecule has 2 heterocycles. The van der Waals surface area contributed by atoms with Gasteiger partial charge in [-0.3, -0.25) is 9.67 Å². The molecule has 1 aromatic carbocycles. The zero-order chi connectivity index (χ0) is 20.1. The van der Waals surface area contributed by atoms with Gasteiger partial charge >= 0.3 is 0 Å². The molecule has 3 rings (SSSR count). The van der Waals surface area contributed by atoms with Gasteiger partial charge in [-0.2, -0.15) is 5.10 Å². The minimum atomic E-state index is 0.229. The van der Waals surface area contributed by atoms with Gasteiger partial charge in [-0.25, -0.2) is 0 Å². The second kappa shape index (κ2) is 9.43. The molecule has 0 bridgehead atoms. The van der Waals surface area contributed by atoms with E-state index >= 15 is 0 Å². The number of halogens is 1. The van der Waals surface area contributed by atoms with Crippen molar-refractivity contribution < 1.29 is 0 Å². The molecule has 8 heteroatoms. The van der Waals surface area contributed by atoms with Crippen LogP contribution in [0, 0.1) is 0 Å². The summed E-state index contributed by atoms with van der Waals surface area (Å²) in [5.74, 6) is 0.842. The molecule has 2 N–H and O–H groups in total. The molecule has 0 amide bonds. The van der Waals surface area contributed by atoms with Gasteiger partial charge in [0.2, 0.25) is 0 Å². The lowest BCUT2D eigenvalue weighted by Gasteiger charge is -2.26. The van der Waals surface area contributed by atoms with E-state index in [4.69, 9.17) is 0 Å². The number of rotatable bonds is 6. The second-order valence-corrected chi connectivity index (χ2v) is 8.26. The highest BCUT2D eigenvalue weighted by Crippen LogP contribution is 2.28. The highest BCUT2D eigenvalue weighted by Gasteiger charge is 2.25. The summed E-state index contributed by atoms with van der Waals surface area (Å²) in [6.07, 6.45) is 5.08. The van der Waals surface area contributed by atoms with E-state index in [1.54, 1.807) is 0 Å². The van der Waals surface area contributed by atoms with E-state index in [1.165, 1.54) is 11.3 Å². The van der Waals surface area contributed by atoms with Crippen LogP contribution in [0.1, 0.15) is 18.0 Å². The molecule has 2 atom stereocenters. The van der Waals surface area contributed by atoms with Crippen molar-refractivity contribution >= 4 is 27.6 Å². The summed E-state index contributed by atoms with van der Waals surface area (Å²) in [6, 6.07) is 8.99. The lowest BCUT2D eigenvalue weighted by atomic mass is 10.1. The lowest BCUT2D eigenvalue weighted by Crippen LogP contribution is -2.46. The van der Waals surface area contributed by atoms with Crippen molar-refractivity contribution in [3.8, 4) is 0 Å². The number of benzene rings is 1. The highest BCUT2D eigenvalue weighted by molar-refractivity contribution is 9.10. The molecule has 1 saturated heterocycles. The van der Waals surface area contributed by atoms with E-state index < -0.39 is 0 Å². The van der Waals surface area contributed by atoms with Gasteiger partial charge < -0.3 is 20.4 Å². The molecule has 0 aliphatic carbocycles. The molecule has 2 aromatic rings. The zero-order valence-electron chi connectivity index (χ0n) is 17.1. The fourth-order valence-corrected chi connectivity index (χ4v) is 4.13. The van der Waals surface area contributed by atoms with Crippen molar-refractivity contribution in [1.82, 2.24) is 25.3 Å². The van der Waals surface area contributed by atoms with Gasteiger partial charge in [0.05, 0.1) is 17.9 Å². The topological polar surface area (TPSA) is 60.7 Å². The molecular weight excluding hydrogens is 418 g/mol. The van der Waals surface area contributed by atoms with Crippen molar-refractivity contribution in [1.29, 1.82) is 0 Å². The summed E-state index contributed by atoms with van der Waals surface area (Å²) >= 11 is 3.66. The van der Waals surface area contributed by atoms with Gasteiger partial charge in [0.1, 0.15) is 0 Å². The van der Waals surface area contributed by atoms with Crippen LogP contribution in [-0.4, -0.2) is 67.5 Å². The van der Waals surface area contributed by atoms with E-state index in [9.17, 15) is 0 Å². The number of para-hydroxylation sites is 1. The highest BCUT2D eigenvalue weighted by atomic mass is 79.9. The van der Waals surface area contributed by atoms with Gasteiger partial charge in [-0.1, -0.05) is 12.1 Å². The Morgan fingerprint density at radius 1 is 1.39 bits per heavy atom. The normalized spacial score (nSPS) is 18.6. The Morgan fingerprint density at radius 3 is 2.82 bits per heavy atom. The fraction of sp³-hybridized carbons (Fsp3) is 0.500. The summed E-state index contributed by atoms with van der Waals surface area (Å²) in [5, 5.41) is 11.4. The van der Waals surface area contributed by atoms with Crippen LogP contribution in [0.5, 0.6) is 0 Å². The number of hydrogen-bond donors (Lipinski definition) is 2. The van der Waals surface area contributed by atoms with Crippen LogP contribution in [0.25, 0.3) is 0 Å². The molecule has 1 aliphatic heterocycles. The second-order valence-electron chi connectivity index (χ2n) is 7.41. The van der Waals surface area contributed by atoms with Gasteiger partial charge in [0.15, 0.2) is 5.96 Å². The fourth-order valence-electron chi connectivity index (χ4n) is 3.60. The Kier molecular flexibility index (Phi) is 6.96. The number of nitrogens with one attached hydrogen (secondary N) is 2. The smallest absolute Gasteiger partial charge is 0.191 e. The molecule has 1 fully saturated rings. The number of aromatic nitrogens is 2. The predicted molar refractivity (Wildman–Crippen MR) is 119 cm³/mol. The first kappa shape index (κ1) is 20.7. The van der Waals surface area contributed by atoms with Crippen LogP contribution in [0.2, 0.25) is 0 Å². The first-order valence-corrected chi connectivity index (χ1v) is 10.4. The van der Waals surface area contributed by atoms with E-state index in [0.29, 0.717) is 6.04 Å². The third kappa shape index (κ3) is 5.05. The maximum absolute atomic E-state index is 4.42. The Bertz CT molecular complexity index is 801. The van der Waals surface area contributed by atoms with Crippen LogP contribution in [-0.2, 0) is 7.05 Å². The summed E-state index contributed by atoms with van der Waals surface area (Å²) in [7, 11) is 7.94. The van der Waals surface area contributed by atoms with Crippen LogP contribution in [0.4, 0.5) is 5.69 Å². The Labute approximate surface area is 175 Å². The van der Waals surface area contributed by atoms with Crippen molar-refractivity contribution in [2.24, 2.45) is 12.0 Å². The molecule has 0 radical (unpaired) electrons. The molecular formula is C20H30BrN7. The van der Waals surface area contributed by atoms with E-state index in [0.717, 1.165) is 36.5 Å². The van der Waals surface area contributed by atoms with Crippen LogP contribution in [0.3, 0.4) is 0 Å². The van der Waals surface area contributed by atoms with Gasteiger partial charge in [-0.15, -0.1) is 0 Å². The van der Waals surface area contributed by atoms with Crippen LogP contribution < -0.4 is 15.5 Å². The van der Waals surface area contributed by atoms with Crippen molar-refractivity contribution in [2.45, 2.75) is 18.5 Å². The largest absolute Gasteiger partial charge is 0.368 e. The third-order valence-corrected chi connectivity index (χ3v) is 5.81. The number of aliphatic imine (C=N–C) groups is 1. The number of hydrogen-bond acceptors (Lipinski definition) is 4. The summed E-state index contributed by atoms with van der Waals surface area (Å²) in [4.78, 5) is 9.03. The molecule has 2 unspecified atom stereocenters. The monoisotopic (exact) mass is 447 g/mol. The zero-order valence-corrected chi connectivity index (χ0v) is 18.6. The maximum Gasteiger partial charge on any atom is 0.191 e. The number of nitrogens with zero attached hydrogens (tertiary/aromatic N) is 5. The minimum Gasteiger partial charge on any atom is -0.368 e. The summed E-state index contributed by atoms with van der Waals surface area (Å²) in [5.41, 5.74) is 2.44. The molecule has 1 aromatic heterocycles. The molecule has 1 aliphatic rings. The number of likely N-dealkylation sites (N-methyl/N-ethyl adjacent to an activating group) is 1. The molecule has 0 spiro atoms. The lowest BCUT2D eigenvalue weighted by molar-refractivity contribution is 0.298. The molecule has 0 saturated carbocycles. The van der Waals surface area contributed by atoms with Crippen molar-refractivity contribution in [2.75, 3.05) is 45.7 Å². The molecule has 7 nitrogen and oxygen atoms in total. The Hall–Kier alpha value is -2.06. The van der Waals surface area contributed by atoms with Crippen molar-refractivity contribution in [3.05, 3.63) is 46.7 Å². The summed E-state index contributed by atoms with van der Waals surface area (Å²) in [6.45, 7) is 2.76. The van der Waals surface area contributed by atoms with Gasteiger partial charge in [0, 0.05) is 56.0 Å². The summed E-state index contributed by atoms with van der Waals surface area (Å²) < 4.78 is 2.98. The van der Waals surface area contributed by atoms with Crippen molar-refractivity contribution in [3.63, 3.8) is 0 Å². The molecule has 152 valence electrons. The average Bonchev–Trinajstić information content (AvgIpc) is 3.30. The van der Waals surface area contributed by atoms with E-state index in [-0.39, 0.29) is 6.04 Å².